The van der Waals surface area contributed by atoms with E-state index in [0.717, 1.165) is 21.1 Å². The van der Waals surface area contributed by atoms with Crippen molar-refractivity contribution < 1.29 is 0 Å². The highest BCUT2D eigenvalue weighted by atomic mass is 79.9. The maximum absolute atomic E-state index is 8.99. The molecule has 1 aromatic heterocycles. The van der Waals surface area contributed by atoms with Gasteiger partial charge in [0.25, 0.3) is 0 Å². The Morgan fingerprint density at radius 3 is 2.56 bits per heavy atom. The molecule has 0 spiro atoms. The van der Waals surface area contributed by atoms with Crippen LogP contribution in [0.2, 0.25) is 0 Å². The van der Waals surface area contributed by atoms with E-state index in [1.54, 1.807) is 4.68 Å². The molecule has 0 unspecified atom stereocenters. The van der Waals surface area contributed by atoms with Crippen molar-refractivity contribution in [2.24, 2.45) is 7.05 Å². The van der Waals surface area contributed by atoms with E-state index in [2.05, 4.69) is 27.1 Å². The van der Waals surface area contributed by atoms with Gasteiger partial charge in [0.2, 0.25) is 0 Å². The molecule has 0 N–H and O–H groups in total. The van der Waals surface area contributed by atoms with E-state index in [4.69, 9.17) is 5.26 Å². The molecular weight excluding hydrogens is 266 g/mol. The Morgan fingerprint density at radius 2 is 2.00 bits per heavy atom. The molecule has 0 fully saturated rings. The van der Waals surface area contributed by atoms with Crippen molar-refractivity contribution in [1.29, 1.82) is 5.26 Å². The van der Waals surface area contributed by atoms with Gasteiger partial charge < -0.3 is 0 Å². The van der Waals surface area contributed by atoms with Crippen molar-refractivity contribution in [3.8, 4) is 6.07 Å². The molecule has 4 heteroatoms. The van der Waals surface area contributed by atoms with Gasteiger partial charge in [-0.25, -0.2) is 0 Å². The number of nitriles is 1. The Labute approximate surface area is 104 Å². The van der Waals surface area contributed by atoms with Gasteiger partial charge in [0.1, 0.15) is 0 Å². The minimum Gasteiger partial charge on any atom is -0.268 e. The standard InChI is InChI=1S/C10H8BrN3.C2H6/c1-6-10-7(5-12)3-8(11)4-9(10)14(2)13-6;1-2/h3-4H,1-2H3;1-2H3. The zero-order valence-corrected chi connectivity index (χ0v) is 11.5. The summed E-state index contributed by atoms with van der Waals surface area (Å²) in [5, 5.41) is 14.2. The van der Waals surface area contributed by atoms with Crippen LogP contribution in [0.4, 0.5) is 0 Å². The van der Waals surface area contributed by atoms with Crippen molar-refractivity contribution in [3.63, 3.8) is 0 Å². The van der Waals surface area contributed by atoms with E-state index in [-0.39, 0.29) is 0 Å². The quantitative estimate of drug-likeness (QED) is 0.740. The average molecular weight is 280 g/mol. The minimum atomic E-state index is 0.667. The first-order chi connectivity index (χ1) is 7.63. The third-order valence-corrected chi connectivity index (χ3v) is 2.67. The van der Waals surface area contributed by atoms with Crippen molar-refractivity contribution >= 4 is 26.8 Å². The summed E-state index contributed by atoms with van der Waals surface area (Å²) in [6.45, 7) is 5.91. The van der Waals surface area contributed by atoms with Gasteiger partial charge in [-0.1, -0.05) is 29.8 Å². The summed E-state index contributed by atoms with van der Waals surface area (Å²) in [6, 6.07) is 5.97. The molecule has 0 amide bonds. The van der Waals surface area contributed by atoms with Crippen LogP contribution in [0.25, 0.3) is 10.9 Å². The summed E-state index contributed by atoms with van der Waals surface area (Å²) in [5.41, 5.74) is 2.54. The zero-order valence-electron chi connectivity index (χ0n) is 9.87. The molecule has 0 bridgehead atoms. The summed E-state index contributed by atoms with van der Waals surface area (Å²) in [5.74, 6) is 0. The van der Waals surface area contributed by atoms with Crippen LogP contribution < -0.4 is 0 Å². The highest BCUT2D eigenvalue weighted by Crippen LogP contribution is 2.25. The maximum Gasteiger partial charge on any atom is 0.0999 e. The predicted octanol–water partition coefficient (Wildman–Crippen LogP) is 3.54. The fraction of sp³-hybridized carbons (Fsp3) is 0.333. The minimum absolute atomic E-state index is 0.667. The van der Waals surface area contributed by atoms with Crippen LogP contribution in [-0.4, -0.2) is 9.78 Å². The number of nitrogens with zero attached hydrogens (tertiary/aromatic N) is 3. The number of benzene rings is 1. The summed E-state index contributed by atoms with van der Waals surface area (Å²) in [6.07, 6.45) is 0. The molecule has 1 aromatic carbocycles. The van der Waals surface area contributed by atoms with Crippen molar-refractivity contribution in [2.75, 3.05) is 0 Å². The Bertz CT molecular complexity index is 549. The molecule has 84 valence electrons. The smallest absolute Gasteiger partial charge is 0.0999 e. The molecule has 0 aliphatic heterocycles. The predicted molar refractivity (Wildman–Crippen MR) is 69.2 cm³/mol. The van der Waals surface area contributed by atoms with E-state index in [9.17, 15) is 0 Å². The van der Waals surface area contributed by atoms with Gasteiger partial charge in [-0.15, -0.1) is 0 Å². The highest BCUT2D eigenvalue weighted by Gasteiger charge is 2.10. The summed E-state index contributed by atoms with van der Waals surface area (Å²) < 4.78 is 2.69. The molecule has 16 heavy (non-hydrogen) atoms. The molecule has 0 saturated heterocycles. The number of hydrogen-bond donors (Lipinski definition) is 0. The summed E-state index contributed by atoms with van der Waals surface area (Å²) in [7, 11) is 1.88. The third-order valence-electron chi connectivity index (χ3n) is 2.21. The van der Waals surface area contributed by atoms with Crippen LogP contribution in [-0.2, 0) is 7.05 Å². The van der Waals surface area contributed by atoms with Gasteiger partial charge in [-0.3, -0.25) is 4.68 Å². The topological polar surface area (TPSA) is 41.6 Å². The fourth-order valence-corrected chi connectivity index (χ4v) is 2.09. The largest absolute Gasteiger partial charge is 0.268 e. The molecule has 0 saturated carbocycles. The molecule has 2 aromatic rings. The van der Waals surface area contributed by atoms with Crippen molar-refractivity contribution in [1.82, 2.24) is 9.78 Å². The van der Waals surface area contributed by atoms with Crippen LogP contribution >= 0.6 is 15.9 Å². The highest BCUT2D eigenvalue weighted by molar-refractivity contribution is 9.10. The van der Waals surface area contributed by atoms with Crippen LogP contribution in [0.1, 0.15) is 25.1 Å². The van der Waals surface area contributed by atoms with Crippen LogP contribution in [0.3, 0.4) is 0 Å². The van der Waals surface area contributed by atoms with Crippen molar-refractivity contribution in [2.45, 2.75) is 20.8 Å². The number of aromatic nitrogens is 2. The first-order valence-corrected chi connectivity index (χ1v) is 5.95. The van der Waals surface area contributed by atoms with E-state index >= 15 is 0 Å². The average Bonchev–Trinajstić information content (AvgIpc) is 2.56. The summed E-state index contributed by atoms with van der Waals surface area (Å²) in [4.78, 5) is 0. The molecular formula is C12H14BrN3. The van der Waals surface area contributed by atoms with E-state index in [1.165, 1.54) is 0 Å². The van der Waals surface area contributed by atoms with E-state index < -0.39 is 0 Å². The molecule has 2 rings (SSSR count). The summed E-state index contributed by atoms with van der Waals surface area (Å²) >= 11 is 3.38. The van der Waals surface area contributed by atoms with Crippen LogP contribution in [0.5, 0.6) is 0 Å². The van der Waals surface area contributed by atoms with Gasteiger partial charge in [0.15, 0.2) is 0 Å². The lowest BCUT2D eigenvalue weighted by atomic mass is 10.1. The number of fused-ring (bicyclic) bond motifs is 1. The molecule has 0 radical (unpaired) electrons. The monoisotopic (exact) mass is 279 g/mol. The fourth-order valence-electron chi connectivity index (χ4n) is 1.64. The number of aryl methyl sites for hydroxylation is 2. The zero-order chi connectivity index (χ0) is 12.3. The Balaban J connectivity index is 0.000000606. The SMILES string of the molecule is CC.Cc1nn(C)c2cc(Br)cc(C#N)c12. The number of halogens is 1. The second-order valence-electron chi connectivity index (χ2n) is 3.17. The Morgan fingerprint density at radius 1 is 1.38 bits per heavy atom. The van der Waals surface area contributed by atoms with Gasteiger partial charge in [0, 0.05) is 16.9 Å². The van der Waals surface area contributed by atoms with E-state index in [1.807, 2.05) is 40.0 Å². The number of rotatable bonds is 0. The normalized spacial score (nSPS) is 9.50. The first-order valence-electron chi connectivity index (χ1n) is 5.16. The van der Waals surface area contributed by atoms with Crippen LogP contribution in [0.15, 0.2) is 16.6 Å². The first kappa shape index (κ1) is 12.7. The van der Waals surface area contributed by atoms with Gasteiger partial charge >= 0.3 is 0 Å². The Hall–Kier alpha value is -1.34. The lowest BCUT2D eigenvalue weighted by molar-refractivity contribution is 0.783. The van der Waals surface area contributed by atoms with Gasteiger partial charge in [0.05, 0.1) is 22.8 Å². The molecule has 0 aliphatic carbocycles. The number of hydrogen-bond acceptors (Lipinski definition) is 2. The van der Waals surface area contributed by atoms with Crippen LogP contribution in [0, 0.1) is 18.3 Å². The molecule has 1 heterocycles. The molecule has 0 atom stereocenters. The molecule has 0 aliphatic rings. The Kier molecular flexibility index (Phi) is 4.08. The second kappa shape index (κ2) is 5.13. The van der Waals surface area contributed by atoms with Crippen molar-refractivity contribution in [3.05, 3.63) is 27.9 Å². The van der Waals surface area contributed by atoms with Gasteiger partial charge in [-0.05, 0) is 19.1 Å². The second-order valence-corrected chi connectivity index (χ2v) is 4.08. The lowest BCUT2D eigenvalue weighted by Crippen LogP contribution is -1.89. The van der Waals surface area contributed by atoms with Gasteiger partial charge in [-0.2, -0.15) is 10.4 Å². The molecule has 3 nitrogen and oxygen atoms in total. The maximum atomic E-state index is 8.99. The van der Waals surface area contributed by atoms with E-state index in [0.29, 0.717) is 5.56 Å². The lowest BCUT2D eigenvalue weighted by Gasteiger charge is -1.97. The third kappa shape index (κ3) is 2.10.